The Kier molecular flexibility index (Phi) is 7.63. The SMILES string of the molecule is CCCNC(CCO)COc1ccc(C(C)C)c(C)c1. The van der Waals surface area contributed by atoms with Gasteiger partial charge in [-0.2, -0.15) is 0 Å². The summed E-state index contributed by atoms with van der Waals surface area (Å²) in [5.41, 5.74) is 2.64. The molecular weight excluding hydrogens is 250 g/mol. The first-order chi connectivity index (χ1) is 9.58. The van der Waals surface area contributed by atoms with Gasteiger partial charge >= 0.3 is 0 Å². The van der Waals surface area contributed by atoms with E-state index < -0.39 is 0 Å². The van der Waals surface area contributed by atoms with Gasteiger partial charge in [0.1, 0.15) is 12.4 Å². The minimum absolute atomic E-state index is 0.191. The second-order valence-corrected chi connectivity index (χ2v) is 5.65. The van der Waals surface area contributed by atoms with E-state index in [9.17, 15) is 0 Å². The van der Waals surface area contributed by atoms with Gasteiger partial charge in [0.15, 0.2) is 0 Å². The lowest BCUT2D eigenvalue weighted by Crippen LogP contribution is -2.36. The minimum Gasteiger partial charge on any atom is -0.492 e. The Morgan fingerprint density at radius 2 is 2.05 bits per heavy atom. The highest BCUT2D eigenvalue weighted by Gasteiger charge is 2.09. The Labute approximate surface area is 123 Å². The maximum atomic E-state index is 9.08. The van der Waals surface area contributed by atoms with Gasteiger partial charge in [-0.05, 0) is 55.5 Å². The van der Waals surface area contributed by atoms with Crippen LogP contribution >= 0.6 is 0 Å². The molecule has 0 bridgehead atoms. The van der Waals surface area contributed by atoms with E-state index in [0.29, 0.717) is 12.5 Å². The van der Waals surface area contributed by atoms with E-state index in [1.807, 2.05) is 6.07 Å². The summed E-state index contributed by atoms with van der Waals surface area (Å²) >= 11 is 0. The standard InChI is InChI=1S/C17H29NO2/c1-5-9-18-15(8-10-19)12-20-16-6-7-17(13(2)3)14(4)11-16/h6-7,11,13,15,18-19H,5,8-10,12H2,1-4H3. The van der Waals surface area contributed by atoms with Gasteiger partial charge in [0, 0.05) is 12.6 Å². The lowest BCUT2D eigenvalue weighted by molar-refractivity contribution is 0.213. The Morgan fingerprint density at radius 1 is 1.30 bits per heavy atom. The van der Waals surface area contributed by atoms with E-state index >= 15 is 0 Å². The molecule has 0 aromatic heterocycles. The molecule has 1 atom stereocenters. The van der Waals surface area contributed by atoms with Gasteiger partial charge < -0.3 is 15.2 Å². The fourth-order valence-corrected chi connectivity index (χ4v) is 2.33. The van der Waals surface area contributed by atoms with E-state index in [1.165, 1.54) is 11.1 Å². The zero-order valence-electron chi connectivity index (χ0n) is 13.3. The first-order valence-electron chi connectivity index (χ1n) is 7.66. The molecule has 0 saturated carbocycles. The molecule has 3 nitrogen and oxygen atoms in total. The van der Waals surface area contributed by atoms with Crippen LogP contribution in [0.3, 0.4) is 0 Å². The topological polar surface area (TPSA) is 41.5 Å². The monoisotopic (exact) mass is 279 g/mol. The number of benzene rings is 1. The third-order valence-electron chi connectivity index (χ3n) is 3.48. The summed E-state index contributed by atoms with van der Waals surface area (Å²) in [6, 6.07) is 6.50. The van der Waals surface area contributed by atoms with E-state index in [4.69, 9.17) is 9.84 Å². The van der Waals surface area contributed by atoms with E-state index in [1.54, 1.807) is 0 Å². The summed E-state index contributed by atoms with van der Waals surface area (Å²) in [5.74, 6) is 1.45. The lowest BCUT2D eigenvalue weighted by atomic mass is 9.98. The summed E-state index contributed by atoms with van der Waals surface area (Å²) in [7, 11) is 0. The predicted octanol–water partition coefficient (Wildman–Crippen LogP) is 3.25. The Morgan fingerprint density at radius 3 is 2.60 bits per heavy atom. The molecule has 0 fully saturated rings. The van der Waals surface area contributed by atoms with Crippen LogP contribution in [0.2, 0.25) is 0 Å². The van der Waals surface area contributed by atoms with Gasteiger partial charge in [-0.3, -0.25) is 0 Å². The van der Waals surface area contributed by atoms with Gasteiger partial charge in [0.25, 0.3) is 0 Å². The number of ether oxygens (including phenoxy) is 1. The van der Waals surface area contributed by atoms with Gasteiger partial charge in [-0.1, -0.05) is 26.8 Å². The van der Waals surface area contributed by atoms with Crippen LogP contribution in [0.25, 0.3) is 0 Å². The third kappa shape index (κ3) is 5.51. The van der Waals surface area contributed by atoms with Crippen molar-refractivity contribution in [2.45, 2.75) is 52.5 Å². The van der Waals surface area contributed by atoms with Gasteiger partial charge in [-0.15, -0.1) is 0 Å². The summed E-state index contributed by atoms with van der Waals surface area (Å²) in [4.78, 5) is 0. The van der Waals surface area contributed by atoms with Crippen molar-refractivity contribution in [3.05, 3.63) is 29.3 Å². The van der Waals surface area contributed by atoms with Crippen molar-refractivity contribution in [2.24, 2.45) is 0 Å². The number of hydrogen-bond donors (Lipinski definition) is 2. The molecule has 2 N–H and O–H groups in total. The average Bonchev–Trinajstić information content (AvgIpc) is 2.41. The summed E-state index contributed by atoms with van der Waals surface area (Å²) in [6.45, 7) is 10.4. The van der Waals surface area contributed by atoms with Gasteiger partial charge in [0.2, 0.25) is 0 Å². The smallest absolute Gasteiger partial charge is 0.119 e. The Hall–Kier alpha value is -1.06. The molecule has 1 aromatic rings. The lowest BCUT2D eigenvalue weighted by Gasteiger charge is -2.19. The predicted molar refractivity (Wildman–Crippen MR) is 84.5 cm³/mol. The third-order valence-corrected chi connectivity index (χ3v) is 3.48. The molecular formula is C17H29NO2. The number of aliphatic hydroxyl groups excluding tert-OH is 1. The fourth-order valence-electron chi connectivity index (χ4n) is 2.33. The van der Waals surface area contributed by atoms with Crippen molar-refractivity contribution in [3.8, 4) is 5.75 Å². The van der Waals surface area contributed by atoms with Crippen LogP contribution in [-0.4, -0.2) is 30.9 Å². The molecule has 0 amide bonds. The molecule has 1 rings (SSSR count). The number of rotatable bonds is 9. The summed E-state index contributed by atoms with van der Waals surface area (Å²) in [6.07, 6.45) is 1.81. The molecule has 0 saturated heterocycles. The maximum Gasteiger partial charge on any atom is 0.119 e. The van der Waals surface area contributed by atoms with E-state index in [0.717, 1.165) is 25.1 Å². The molecule has 0 spiro atoms. The first kappa shape index (κ1) is 17.0. The number of aliphatic hydroxyl groups is 1. The molecule has 3 heteroatoms. The van der Waals surface area contributed by atoms with Crippen molar-refractivity contribution >= 4 is 0 Å². The Bertz CT molecular complexity index is 391. The van der Waals surface area contributed by atoms with Crippen LogP contribution in [0.4, 0.5) is 0 Å². The number of hydrogen-bond acceptors (Lipinski definition) is 3. The van der Waals surface area contributed by atoms with Crippen molar-refractivity contribution < 1.29 is 9.84 Å². The molecule has 1 unspecified atom stereocenters. The zero-order chi connectivity index (χ0) is 15.0. The molecule has 0 aliphatic carbocycles. The Balaban J connectivity index is 2.56. The highest BCUT2D eigenvalue weighted by atomic mass is 16.5. The molecule has 0 radical (unpaired) electrons. The molecule has 1 aromatic carbocycles. The van der Waals surface area contributed by atoms with Crippen molar-refractivity contribution in [1.29, 1.82) is 0 Å². The van der Waals surface area contributed by atoms with Crippen LogP contribution in [0.15, 0.2) is 18.2 Å². The second kappa shape index (κ2) is 8.98. The molecule has 0 aliphatic rings. The number of nitrogens with one attached hydrogen (secondary N) is 1. The van der Waals surface area contributed by atoms with Crippen molar-refractivity contribution in [3.63, 3.8) is 0 Å². The quantitative estimate of drug-likeness (QED) is 0.729. The van der Waals surface area contributed by atoms with Crippen LogP contribution in [-0.2, 0) is 0 Å². The zero-order valence-corrected chi connectivity index (χ0v) is 13.3. The second-order valence-electron chi connectivity index (χ2n) is 5.65. The molecule has 114 valence electrons. The van der Waals surface area contributed by atoms with Crippen LogP contribution in [0.5, 0.6) is 5.75 Å². The number of aryl methyl sites for hydroxylation is 1. The highest BCUT2D eigenvalue weighted by Crippen LogP contribution is 2.23. The normalized spacial score (nSPS) is 12.7. The molecule has 20 heavy (non-hydrogen) atoms. The minimum atomic E-state index is 0.191. The highest BCUT2D eigenvalue weighted by molar-refractivity contribution is 5.36. The van der Waals surface area contributed by atoms with E-state index in [2.05, 4.69) is 45.1 Å². The molecule has 0 aliphatic heterocycles. The average molecular weight is 279 g/mol. The van der Waals surface area contributed by atoms with Gasteiger partial charge in [0.05, 0.1) is 0 Å². The summed E-state index contributed by atoms with van der Waals surface area (Å²) in [5, 5.41) is 12.5. The first-order valence-corrected chi connectivity index (χ1v) is 7.66. The summed E-state index contributed by atoms with van der Waals surface area (Å²) < 4.78 is 5.86. The maximum absolute atomic E-state index is 9.08. The van der Waals surface area contributed by atoms with Crippen LogP contribution in [0.1, 0.15) is 50.7 Å². The van der Waals surface area contributed by atoms with Crippen molar-refractivity contribution in [1.82, 2.24) is 5.32 Å². The molecule has 0 heterocycles. The largest absolute Gasteiger partial charge is 0.492 e. The van der Waals surface area contributed by atoms with Crippen molar-refractivity contribution in [2.75, 3.05) is 19.8 Å². The fraction of sp³-hybridized carbons (Fsp3) is 0.647. The van der Waals surface area contributed by atoms with Crippen LogP contribution in [0, 0.1) is 6.92 Å². The van der Waals surface area contributed by atoms with Crippen LogP contribution < -0.4 is 10.1 Å². The van der Waals surface area contributed by atoms with E-state index in [-0.39, 0.29) is 12.6 Å². The van der Waals surface area contributed by atoms with Gasteiger partial charge in [-0.25, -0.2) is 0 Å².